The third kappa shape index (κ3) is 9.17. The van der Waals surface area contributed by atoms with Gasteiger partial charge in [-0.25, -0.2) is 37.5 Å². The zero-order valence-electron chi connectivity index (χ0n) is 28.7. The number of nitrogens with one attached hydrogen (secondary N) is 1. The van der Waals surface area contributed by atoms with Crippen LogP contribution in [0.25, 0.3) is 11.5 Å². The van der Waals surface area contributed by atoms with Crippen LogP contribution in [0.2, 0.25) is 0 Å². The fourth-order valence-corrected chi connectivity index (χ4v) is 6.60. The molecule has 7 rings (SSSR count). The molecule has 5 aromatic rings. The minimum Gasteiger partial charge on any atom is -0.415 e. The van der Waals surface area contributed by atoms with Crippen molar-refractivity contribution in [3.8, 4) is 11.5 Å². The molecule has 3 aromatic heterocycles. The summed E-state index contributed by atoms with van der Waals surface area (Å²) < 4.78 is 109. The van der Waals surface area contributed by atoms with Gasteiger partial charge in [-0.1, -0.05) is 12.8 Å². The van der Waals surface area contributed by atoms with Crippen LogP contribution in [0.1, 0.15) is 84.0 Å². The lowest BCUT2D eigenvalue weighted by molar-refractivity contribution is -0.131. The van der Waals surface area contributed by atoms with Crippen molar-refractivity contribution in [1.82, 2.24) is 35.5 Å². The number of benzene rings is 2. The molecule has 0 aliphatic heterocycles. The molecule has 1 N–H and O–H groups in total. The Labute approximate surface area is 307 Å². The van der Waals surface area contributed by atoms with Crippen LogP contribution in [-0.2, 0) is 28.5 Å². The van der Waals surface area contributed by atoms with Crippen LogP contribution in [0.3, 0.4) is 0 Å². The van der Waals surface area contributed by atoms with Crippen molar-refractivity contribution in [2.24, 2.45) is 0 Å². The van der Waals surface area contributed by atoms with Gasteiger partial charge in [-0.15, -0.1) is 10.2 Å². The number of carbonyl (C=O) groups is 2. The van der Waals surface area contributed by atoms with Gasteiger partial charge in [-0.2, -0.15) is 17.6 Å². The highest BCUT2D eigenvalue weighted by Gasteiger charge is 2.41. The van der Waals surface area contributed by atoms with Gasteiger partial charge in [0.05, 0.1) is 17.7 Å². The molecule has 55 heavy (non-hydrogen) atoms. The number of alkyl halides is 4. The number of amides is 1. The molecule has 0 spiro atoms. The average Bonchev–Trinajstić information content (AvgIpc) is 3.61. The van der Waals surface area contributed by atoms with Crippen molar-refractivity contribution in [1.29, 1.82) is 0 Å². The van der Waals surface area contributed by atoms with E-state index in [4.69, 9.17) is 4.42 Å². The molecular formula is C37H31F8N7O3. The Morgan fingerprint density at radius 1 is 0.673 bits per heavy atom. The summed E-state index contributed by atoms with van der Waals surface area (Å²) in [5, 5.41) is 8.62. The minimum absolute atomic E-state index is 0.0674. The topological polar surface area (TPSA) is 137 Å². The second kappa shape index (κ2) is 16.4. The Balaban J connectivity index is 0.000000187. The number of rotatable bonds is 12. The quantitative estimate of drug-likeness (QED) is 0.102. The number of carbonyl (C=O) groups excluding carboxylic acids is 2. The van der Waals surface area contributed by atoms with E-state index in [1.54, 1.807) is 0 Å². The summed E-state index contributed by atoms with van der Waals surface area (Å²) in [6.07, 6.45) is 4.93. The summed E-state index contributed by atoms with van der Waals surface area (Å²) in [5.74, 6) is -4.63. The lowest BCUT2D eigenvalue weighted by Crippen LogP contribution is -2.37. The number of nitrogens with zero attached hydrogens (tertiary/aromatic N) is 6. The number of hydrogen-bond acceptors (Lipinski definition) is 9. The van der Waals surface area contributed by atoms with Crippen LogP contribution in [-0.4, -0.2) is 54.8 Å². The summed E-state index contributed by atoms with van der Waals surface area (Å²) >= 11 is 0. The van der Waals surface area contributed by atoms with E-state index in [-0.39, 0.29) is 11.5 Å². The van der Waals surface area contributed by atoms with Gasteiger partial charge in [0.15, 0.2) is 5.78 Å². The van der Waals surface area contributed by atoms with Crippen molar-refractivity contribution in [3.05, 3.63) is 119 Å². The molecule has 1 amide bonds. The number of aromatic nitrogens is 6. The molecule has 18 heteroatoms. The molecule has 0 unspecified atom stereocenters. The Bertz CT molecular complexity index is 2100. The van der Waals surface area contributed by atoms with Gasteiger partial charge in [0.25, 0.3) is 17.7 Å². The predicted molar refractivity (Wildman–Crippen MR) is 177 cm³/mol. The Morgan fingerprint density at radius 3 is 1.51 bits per heavy atom. The van der Waals surface area contributed by atoms with Crippen LogP contribution in [0.4, 0.5) is 35.1 Å². The van der Waals surface area contributed by atoms with Gasteiger partial charge in [-0.05, 0) is 61.1 Å². The van der Waals surface area contributed by atoms with E-state index in [0.717, 1.165) is 50.7 Å². The first-order chi connectivity index (χ1) is 26.2. The highest BCUT2D eigenvalue weighted by Crippen LogP contribution is 2.47. The summed E-state index contributed by atoms with van der Waals surface area (Å²) in [7, 11) is 0. The average molecular weight is 774 g/mol. The highest BCUT2D eigenvalue weighted by molar-refractivity contribution is 5.99. The van der Waals surface area contributed by atoms with Crippen molar-refractivity contribution in [2.75, 3.05) is 6.54 Å². The van der Waals surface area contributed by atoms with Gasteiger partial charge >= 0.3 is 12.9 Å². The maximum Gasteiger partial charge on any atom is 0.315 e. The second-order valence-corrected chi connectivity index (χ2v) is 13.4. The fraction of sp³-hybridized carbons (Fsp3) is 0.351. The van der Waals surface area contributed by atoms with Crippen LogP contribution in [0.5, 0.6) is 0 Å². The van der Waals surface area contributed by atoms with Crippen molar-refractivity contribution < 1.29 is 49.1 Å². The maximum absolute atomic E-state index is 13.6. The second-order valence-electron chi connectivity index (χ2n) is 13.4. The maximum atomic E-state index is 13.6. The van der Waals surface area contributed by atoms with Crippen LogP contribution in [0, 0.1) is 23.3 Å². The van der Waals surface area contributed by atoms with Crippen LogP contribution < -0.4 is 5.32 Å². The van der Waals surface area contributed by atoms with Gasteiger partial charge < -0.3 is 9.73 Å². The highest BCUT2D eigenvalue weighted by atomic mass is 19.3. The molecule has 2 fully saturated rings. The molecule has 2 aliphatic carbocycles. The molecule has 0 atom stereocenters. The summed E-state index contributed by atoms with van der Waals surface area (Å²) in [5.41, 5.74) is 0.666. The van der Waals surface area contributed by atoms with E-state index >= 15 is 0 Å². The smallest absolute Gasteiger partial charge is 0.315 e. The molecule has 2 saturated carbocycles. The lowest BCUT2D eigenvalue weighted by Gasteiger charge is -2.42. The van der Waals surface area contributed by atoms with Gasteiger partial charge in [0.2, 0.25) is 0 Å². The Kier molecular flexibility index (Phi) is 11.6. The summed E-state index contributed by atoms with van der Waals surface area (Å²) in [4.78, 5) is 39.4. The fourth-order valence-electron chi connectivity index (χ4n) is 6.60. The molecule has 288 valence electrons. The molecule has 0 radical (unpaired) electrons. The van der Waals surface area contributed by atoms with Crippen molar-refractivity contribution in [2.45, 2.75) is 75.0 Å². The molecule has 2 aliphatic rings. The first-order valence-corrected chi connectivity index (χ1v) is 17.0. The lowest BCUT2D eigenvalue weighted by atomic mass is 9.62. The number of halogens is 8. The minimum atomic E-state index is -3.20. The third-order valence-electron chi connectivity index (χ3n) is 9.79. The number of hydrogen-bond donors (Lipinski definition) is 1. The number of ketones is 1. The van der Waals surface area contributed by atoms with E-state index < -0.39 is 71.1 Å². The molecule has 0 saturated heterocycles. The largest absolute Gasteiger partial charge is 0.415 e. The Morgan fingerprint density at radius 2 is 1.13 bits per heavy atom. The Hall–Kier alpha value is -5.68. The molecule has 3 heterocycles. The summed E-state index contributed by atoms with van der Waals surface area (Å²) in [6, 6.07) is 6.98. The first kappa shape index (κ1) is 39.0. The van der Waals surface area contributed by atoms with Crippen LogP contribution >= 0.6 is 0 Å². The van der Waals surface area contributed by atoms with Gasteiger partial charge in [0.1, 0.15) is 34.9 Å². The molecule has 2 aromatic carbocycles. The summed E-state index contributed by atoms with van der Waals surface area (Å²) in [6.45, 7) is -0.585. The van der Waals surface area contributed by atoms with E-state index in [1.165, 1.54) is 49.1 Å². The molecule has 0 bridgehead atoms. The first-order valence-electron chi connectivity index (χ1n) is 17.0. The third-order valence-corrected chi connectivity index (χ3v) is 9.79. The van der Waals surface area contributed by atoms with E-state index in [0.29, 0.717) is 41.2 Å². The zero-order valence-corrected chi connectivity index (χ0v) is 28.7. The van der Waals surface area contributed by atoms with Gasteiger partial charge in [-0.3, -0.25) is 9.59 Å². The van der Waals surface area contributed by atoms with Crippen molar-refractivity contribution >= 4 is 11.7 Å². The predicted octanol–water partition coefficient (Wildman–Crippen LogP) is 7.39. The van der Waals surface area contributed by atoms with Gasteiger partial charge in [0, 0.05) is 60.6 Å². The standard InChI is InChI=1S/C19H17F4N3O2.C18H14F4N4O/c20-13-4-12(5-14(21)6-13)19(2-1-3-19)7-16-24-8-11(9-25-16)15(27)10-26-18(28)17(22)23;19-12-4-11(5-13(20)6-12)18(2-1-3-18)7-14-23-8-10(9-24-14)16-25-26-17(27-16)15(21)22/h4-6,8-9,17H,1-3,7,10H2,(H,26,28);4-6,8-9,15H,1-3,7H2. The van der Waals surface area contributed by atoms with Crippen LogP contribution in [0.15, 0.2) is 65.6 Å². The SMILES string of the molecule is Fc1cc(F)cc(C2(Cc3ncc(-c4nnc(C(F)F)o4)cn3)CCC2)c1.O=C(CNC(=O)C(F)F)c1cnc(CC2(c3cc(F)cc(F)c3)CCC2)nc1. The van der Waals surface area contributed by atoms with E-state index in [2.05, 4.69) is 30.1 Å². The number of Topliss-reactive ketones (excluding diaryl/α,β-unsaturated/α-hetero) is 1. The van der Waals surface area contributed by atoms with E-state index in [1.807, 2.05) is 5.32 Å². The monoisotopic (exact) mass is 773 g/mol. The molecule has 10 nitrogen and oxygen atoms in total. The van der Waals surface area contributed by atoms with Crippen molar-refractivity contribution in [3.63, 3.8) is 0 Å². The normalized spacial score (nSPS) is 15.5. The zero-order chi connectivity index (χ0) is 39.3. The molecular weight excluding hydrogens is 742 g/mol. The van der Waals surface area contributed by atoms with E-state index in [9.17, 15) is 44.7 Å².